The molecule has 72 heavy (non-hydrogen) atoms. The first kappa shape index (κ1) is 71.0. The molecule has 0 aliphatic heterocycles. The number of phosphoric acid groups is 1. The fourth-order valence-electron chi connectivity index (χ4n) is 9.70. The van der Waals surface area contributed by atoms with Gasteiger partial charge >= 0.3 is 0 Å². The monoisotopic (exact) mass is 1040 g/mol. The number of nitrogens with zero attached hydrogens (tertiary/aromatic N) is 1. The molecular formula is C63H125N2O6P. The van der Waals surface area contributed by atoms with Gasteiger partial charge in [0, 0.05) is 6.42 Å². The molecule has 0 saturated heterocycles. The van der Waals surface area contributed by atoms with Crippen molar-refractivity contribution in [1.82, 2.24) is 5.32 Å². The van der Waals surface area contributed by atoms with Gasteiger partial charge in [0.25, 0.3) is 7.82 Å². The molecule has 3 unspecified atom stereocenters. The maximum Gasteiger partial charge on any atom is 0.268 e. The summed E-state index contributed by atoms with van der Waals surface area (Å²) in [5.41, 5.74) is 0. The van der Waals surface area contributed by atoms with Gasteiger partial charge in [0.15, 0.2) is 0 Å². The minimum absolute atomic E-state index is 0.00416. The van der Waals surface area contributed by atoms with E-state index in [2.05, 4.69) is 31.3 Å². The molecule has 0 aliphatic carbocycles. The van der Waals surface area contributed by atoms with E-state index in [0.717, 1.165) is 38.5 Å². The summed E-state index contributed by atoms with van der Waals surface area (Å²) >= 11 is 0. The number of allylic oxidation sites excluding steroid dienone is 3. The van der Waals surface area contributed by atoms with Crippen LogP contribution in [0.1, 0.15) is 322 Å². The zero-order valence-corrected chi connectivity index (χ0v) is 49.8. The molecule has 2 N–H and O–H groups in total. The zero-order valence-electron chi connectivity index (χ0n) is 48.9. The highest BCUT2D eigenvalue weighted by Crippen LogP contribution is 2.38. The van der Waals surface area contributed by atoms with Crippen LogP contribution in [0.2, 0.25) is 0 Å². The topological polar surface area (TPSA) is 108 Å². The summed E-state index contributed by atoms with van der Waals surface area (Å²) in [6, 6.07) is -0.899. The lowest BCUT2D eigenvalue weighted by atomic mass is 10.0. The van der Waals surface area contributed by atoms with E-state index in [4.69, 9.17) is 9.05 Å². The minimum Gasteiger partial charge on any atom is -0.756 e. The maximum atomic E-state index is 12.9. The largest absolute Gasteiger partial charge is 0.756 e. The average Bonchev–Trinajstić information content (AvgIpc) is 3.34. The predicted molar refractivity (Wildman–Crippen MR) is 312 cm³/mol. The minimum atomic E-state index is -4.60. The third-order valence-corrected chi connectivity index (χ3v) is 15.6. The maximum absolute atomic E-state index is 12.9. The number of rotatable bonds is 59. The SMILES string of the molecule is CCCCCCC/C=C/CC/C=C/C(O)C(COP(=O)([O-])OCC[N+](C)(C)C)NC(=O)CCCCCCCCCCCCCCCCCCCCCCCCCCCCCCCCCCCCCCCCC. The Morgan fingerprint density at radius 2 is 0.778 bits per heavy atom. The van der Waals surface area contributed by atoms with Crippen LogP contribution in [0.3, 0.4) is 0 Å². The Hall–Kier alpha value is -1.02. The lowest BCUT2D eigenvalue weighted by molar-refractivity contribution is -0.870. The Bertz CT molecular complexity index is 1220. The van der Waals surface area contributed by atoms with Crippen molar-refractivity contribution < 1.29 is 32.9 Å². The summed E-state index contributed by atoms with van der Waals surface area (Å²) < 4.78 is 23.3. The molecule has 0 spiro atoms. The molecule has 0 aromatic rings. The van der Waals surface area contributed by atoms with Crippen molar-refractivity contribution in [2.24, 2.45) is 0 Å². The smallest absolute Gasteiger partial charge is 0.268 e. The number of aliphatic hydroxyl groups excluding tert-OH is 1. The number of carbonyl (C=O) groups is 1. The third kappa shape index (κ3) is 56.7. The molecule has 0 aromatic heterocycles. The molecular weight excluding hydrogens is 912 g/mol. The van der Waals surface area contributed by atoms with E-state index in [9.17, 15) is 19.4 Å². The Morgan fingerprint density at radius 3 is 1.12 bits per heavy atom. The molecule has 428 valence electrons. The van der Waals surface area contributed by atoms with E-state index in [0.29, 0.717) is 17.4 Å². The van der Waals surface area contributed by atoms with E-state index in [1.54, 1.807) is 6.08 Å². The lowest BCUT2D eigenvalue weighted by Crippen LogP contribution is -2.45. The van der Waals surface area contributed by atoms with Crippen LogP contribution in [0.5, 0.6) is 0 Å². The summed E-state index contributed by atoms with van der Waals surface area (Å²) in [6.45, 7) is 4.63. The number of unbranched alkanes of at least 4 members (excludes halogenated alkanes) is 44. The summed E-state index contributed by atoms with van der Waals surface area (Å²) in [5, 5.41) is 13.8. The average molecular weight is 1040 g/mol. The number of amides is 1. The zero-order chi connectivity index (χ0) is 52.7. The summed E-state index contributed by atoms with van der Waals surface area (Å²) in [5.74, 6) is -0.203. The van der Waals surface area contributed by atoms with Crippen molar-refractivity contribution in [3.63, 3.8) is 0 Å². The van der Waals surface area contributed by atoms with Crippen molar-refractivity contribution in [2.75, 3.05) is 40.9 Å². The normalized spacial score (nSPS) is 13.9. The van der Waals surface area contributed by atoms with Crippen LogP contribution in [0.15, 0.2) is 24.3 Å². The highest BCUT2D eigenvalue weighted by atomic mass is 31.2. The van der Waals surface area contributed by atoms with Crippen molar-refractivity contribution in [1.29, 1.82) is 0 Å². The molecule has 0 aromatic carbocycles. The molecule has 0 aliphatic rings. The lowest BCUT2D eigenvalue weighted by Gasteiger charge is -2.29. The number of hydrogen-bond donors (Lipinski definition) is 2. The van der Waals surface area contributed by atoms with Gasteiger partial charge in [-0.1, -0.05) is 308 Å². The standard InChI is InChI=1S/C63H125N2O6P/c1-6-8-10-12-14-16-18-19-20-21-22-23-24-25-26-27-28-29-30-31-32-33-34-35-36-37-38-39-40-41-42-43-44-45-47-49-51-53-55-57-63(67)64-61(60-71-72(68,69)70-59-58-65(3,4)5)62(66)56-54-52-50-48-46-17-15-13-11-9-7-2/h46,48,54,56,61-62,66H,6-45,47,49-53,55,57-60H2,1-5H3,(H-,64,67,68,69)/b48-46+,56-54+. The highest BCUT2D eigenvalue weighted by Gasteiger charge is 2.23. The molecule has 8 nitrogen and oxygen atoms in total. The van der Waals surface area contributed by atoms with Gasteiger partial charge in [-0.25, -0.2) is 0 Å². The highest BCUT2D eigenvalue weighted by molar-refractivity contribution is 7.45. The van der Waals surface area contributed by atoms with Crippen molar-refractivity contribution in [3.05, 3.63) is 24.3 Å². The summed E-state index contributed by atoms with van der Waals surface area (Å²) in [6.07, 6.45) is 70.4. The second kappa shape index (κ2) is 54.8. The van der Waals surface area contributed by atoms with E-state index in [1.165, 1.54) is 263 Å². The Morgan fingerprint density at radius 1 is 0.472 bits per heavy atom. The molecule has 0 rings (SSSR count). The molecule has 9 heteroatoms. The molecule has 0 bridgehead atoms. The van der Waals surface area contributed by atoms with Gasteiger partial charge < -0.3 is 28.8 Å². The number of aliphatic hydroxyl groups is 1. The summed E-state index contributed by atoms with van der Waals surface area (Å²) in [4.78, 5) is 25.4. The molecule has 1 amide bonds. The van der Waals surface area contributed by atoms with Gasteiger partial charge in [-0.05, 0) is 32.1 Å². The molecule has 0 radical (unpaired) electrons. The van der Waals surface area contributed by atoms with Gasteiger partial charge in [0.2, 0.25) is 5.91 Å². The van der Waals surface area contributed by atoms with Gasteiger partial charge in [-0.15, -0.1) is 0 Å². The number of nitrogens with one attached hydrogen (secondary N) is 1. The third-order valence-electron chi connectivity index (χ3n) is 14.7. The van der Waals surface area contributed by atoms with Gasteiger partial charge in [-0.3, -0.25) is 9.36 Å². The van der Waals surface area contributed by atoms with Crippen LogP contribution in [-0.2, 0) is 18.4 Å². The molecule has 0 heterocycles. The van der Waals surface area contributed by atoms with Crippen LogP contribution in [-0.4, -0.2) is 68.5 Å². The first-order chi connectivity index (χ1) is 35.0. The second-order valence-electron chi connectivity index (χ2n) is 23.1. The number of phosphoric ester groups is 1. The first-order valence-corrected chi connectivity index (χ1v) is 33.2. The number of hydrogen-bond acceptors (Lipinski definition) is 6. The molecule has 3 atom stereocenters. The predicted octanol–water partition coefficient (Wildman–Crippen LogP) is 18.9. The first-order valence-electron chi connectivity index (χ1n) is 31.7. The Kier molecular flexibility index (Phi) is 54.0. The van der Waals surface area contributed by atoms with Gasteiger partial charge in [0.1, 0.15) is 13.2 Å². The van der Waals surface area contributed by atoms with Crippen LogP contribution >= 0.6 is 7.82 Å². The van der Waals surface area contributed by atoms with Crippen molar-refractivity contribution in [3.8, 4) is 0 Å². The number of likely N-dealkylation sites (N-methyl/N-ethyl adjacent to an activating group) is 1. The van der Waals surface area contributed by atoms with E-state index >= 15 is 0 Å². The number of quaternary nitrogens is 1. The van der Waals surface area contributed by atoms with Crippen LogP contribution in [0, 0.1) is 0 Å². The van der Waals surface area contributed by atoms with E-state index in [-0.39, 0.29) is 19.1 Å². The Labute approximate surface area is 449 Å². The van der Waals surface area contributed by atoms with Crippen molar-refractivity contribution >= 4 is 13.7 Å². The second-order valence-corrected chi connectivity index (χ2v) is 24.5. The molecule has 0 fully saturated rings. The van der Waals surface area contributed by atoms with Gasteiger partial charge in [-0.2, -0.15) is 0 Å². The van der Waals surface area contributed by atoms with Crippen LogP contribution in [0.25, 0.3) is 0 Å². The van der Waals surface area contributed by atoms with Crippen LogP contribution < -0.4 is 10.2 Å². The Balaban J connectivity index is 3.80. The van der Waals surface area contributed by atoms with Gasteiger partial charge in [0.05, 0.1) is 39.9 Å². The quantitative estimate of drug-likeness (QED) is 0.0272. The fourth-order valence-corrected chi connectivity index (χ4v) is 10.4. The number of carbonyl (C=O) groups excluding carboxylic acids is 1. The van der Waals surface area contributed by atoms with Crippen LogP contribution in [0.4, 0.5) is 0 Å². The van der Waals surface area contributed by atoms with E-state index in [1.807, 2.05) is 27.2 Å². The van der Waals surface area contributed by atoms with Crippen molar-refractivity contribution in [2.45, 2.75) is 334 Å². The van der Waals surface area contributed by atoms with E-state index < -0.39 is 20.0 Å². The fraction of sp³-hybridized carbons (Fsp3) is 0.921. The summed E-state index contributed by atoms with van der Waals surface area (Å²) in [7, 11) is 1.26. The molecule has 0 saturated carbocycles.